The maximum Gasteiger partial charge on any atom is 0.573 e. The second-order valence-electron chi connectivity index (χ2n) is 4.79. The van der Waals surface area contributed by atoms with Gasteiger partial charge in [-0.2, -0.15) is 0 Å². The molecule has 0 aromatic heterocycles. The van der Waals surface area contributed by atoms with Crippen LogP contribution < -0.4 is 10.1 Å². The number of aliphatic hydroxyl groups excluding tert-OH is 1. The van der Waals surface area contributed by atoms with Crippen LogP contribution in [0.1, 0.15) is 6.42 Å². The van der Waals surface area contributed by atoms with Gasteiger partial charge in [0.05, 0.1) is 0 Å². The molecule has 0 bridgehead atoms. The predicted molar refractivity (Wildman–Crippen MR) is 68.9 cm³/mol. The van der Waals surface area contributed by atoms with Gasteiger partial charge in [-0.3, -0.25) is 0 Å². The van der Waals surface area contributed by atoms with Crippen molar-refractivity contribution < 1.29 is 27.8 Å². The third-order valence-electron chi connectivity index (χ3n) is 3.17. The molecule has 1 aromatic rings. The van der Waals surface area contributed by atoms with E-state index in [0.717, 1.165) is 18.6 Å². The molecule has 0 spiro atoms. The molecule has 1 aliphatic heterocycles. The number of carbonyl (C=O) groups is 1. The number of alkyl halides is 3. The van der Waals surface area contributed by atoms with E-state index in [1.807, 2.05) is 0 Å². The number of aliphatic hydroxyl groups is 1. The van der Waals surface area contributed by atoms with E-state index in [9.17, 15) is 18.0 Å². The van der Waals surface area contributed by atoms with Crippen molar-refractivity contribution >= 4 is 11.7 Å². The molecule has 2 N–H and O–H groups in total. The number of amides is 2. The summed E-state index contributed by atoms with van der Waals surface area (Å²) in [6.07, 6.45) is -4.00. The molecule has 1 aliphatic rings. The van der Waals surface area contributed by atoms with E-state index in [0.29, 0.717) is 18.8 Å². The lowest BCUT2D eigenvalue weighted by molar-refractivity contribution is -0.274. The highest BCUT2D eigenvalue weighted by Gasteiger charge is 2.31. The van der Waals surface area contributed by atoms with E-state index in [4.69, 9.17) is 5.11 Å². The molecule has 1 heterocycles. The summed E-state index contributed by atoms with van der Waals surface area (Å²) < 4.78 is 39.8. The van der Waals surface area contributed by atoms with E-state index < -0.39 is 6.36 Å². The van der Waals surface area contributed by atoms with Crippen LogP contribution in [-0.4, -0.2) is 42.1 Å². The second-order valence-corrected chi connectivity index (χ2v) is 4.79. The summed E-state index contributed by atoms with van der Waals surface area (Å²) in [6, 6.07) is 4.58. The van der Waals surface area contributed by atoms with Gasteiger partial charge in [-0.25, -0.2) is 4.79 Å². The normalized spacial score (nSPS) is 18.7. The van der Waals surface area contributed by atoms with Crippen molar-refractivity contribution in [2.75, 3.05) is 25.0 Å². The molecular weight excluding hydrogens is 289 g/mol. The van der Waals surface area contributed by atoms with Crippen molar-refractivity contribution in [1.82, 2.24) is 4.90 Å². The van der Waals surface area contributed by atoms with Gasteiger partial charge in [-0.15, -0.1) is 13.2 Å². The average molecular weight is 304 g/mol. The summed E-state index contributed by atoms with van der Waals surface area (Å²) in [4.78, 5) is 13.5. The van der Waals surface area contributed by atoms with Gasteiger partial charge in [-0.1, -0.05) is 0 Å². The Labute approximate surface area is 119 Å². The summed E-state index contributed by atoms with van der Waals surface area (Å²) in [5.41, 5.74) is 0.377. The van der Waals surface area contributed by atoms with E-state index in [1.165, 1.54) is 12.1 Å². The van der Waals surface area contributed by atoms with E-state index >= 15 is 0 Å². The smallest absolute Gasteiger partial charge is 0.406 e. The predicted octanol–water partition coefficient (Wildman–Crippen LogP) is 2.43. The fourth-order valence-corrected chi connectivity index (χ4v) is 2.11. The van der Waals surface area contributed by atoms with E-state index in [-0.39, 0.29) is 24.3 Å². The first-order valence-electron chi connectivity index (χ1n) is 6.40. The van der Waals surface area contributed by atoms with Gasteiger partial charge in [0, 0.05) is 31.3 Å². The van der Waals surface area contributed by atoms with Gasteiger partial charge >= 0.3 is 12.4 Å². The number of urea groups is 1. The number of anilines is 1. The summed E-state index contributed by atoms with van der Waals surface area (Å²) in [7, 11) is 0. The topological polar surface area (TPSA) is 61.8 Å². The number of hydrogen-bond donors (Lipinski definition) is 2. The monoisotopic (exact) mass is 304 g/mol. The van der Waals surface area contributed by atoms with Gasteiger partial charge in [0.2, 0.25) is 0 Å². The summed E-state index contributed by atoms with van der Waals surface area (Å²) in [5.74, 6) is -0.264. The first-order valence-corrected chi connectivity index (χ1v) is 6.40. The first kappa shape index (κ1) is 15.4. The van der Waals surface area contributed by atoms with Crippen molar-refractivity contribution in [2.45, 2.75) is 12.8 Å². The average Bonchev–Trinajstić information content (AvgIpc) is 2.88. The molecule has 116 valence electrons. The van der Waals surface area contributed by atoms with Crippen LogP contribution in [-0.2, 0) is 0 Å². The number of ether oxygens (including phenoxy) is 1. The van der Waals surface area contributed by atoms with Crippen LogP contribution in [0.3, 0.4) is 0 Å². The molecule has 1 saturated heterocycles. The Balaban J connectivity index is 1.90. The zero-order chi connectivity index (χ0) is 15.5. The lowest BCUT2D eigenvalue weighted by atomic mass is 10.1. The standard InChI is InChI=1S/C13H15F3N2O3/c14-13(15,16)21-11-3-1-10(2-4-11)17-12(20)18-6-5-9(7-18)8-19/h1-4,9,19H,5-8H2,(H,17,20). The van der Waals surface area contributed by atoms with Gasteiger partial charge in [0.1, 0.15) is 5.75 Å². The van der Waals surface area contributed by atoms with Crippen molar-refractivity contribution in [3.05, 3.63) is 24.3 Å². The van der Waals surface area contributed by atoms with Gasteiger partial charge in [0.25, 0.3) is 0 Å². The third-order valence-corrected chi connectivity index (χ3v) is 3.17. The number of halogens is 3. The lowest BCUT2D eigenvalue weighted by Crippen LogP contribution is -2.33. The summed E-state index contributed by atoms with van der Waals surface area (Å²) in [5, 5.41) is 11.6. The van der Waals surface area contributed by atoms with E-state index in [2.05, 4.69) is 10.1 Å². The van der Waals surface area contributed by atoms with E-state index in [1.54, 1.807) is 4.90 Å². The SMILES string of the molecule is O=C(Nc1ccc(OC(F)(F)F)cc1)N1CCC(CO)C1. The highest BCUT2D eigenvalue weighted by atomic mass is 19.4. The van der Waals surface area contributed by atoms with Crippen LogP contribution in [0.4, 0.5) is 23.7 Å². The Morgan fingerprint density at radius 1 is 1.38 bits per heavy atom. The highest BCUT2D eigenvalue weighted by Crippen LogP contribution is 2.24. The summed E-state index contributed by atoms with van der Waals surface area (Å²) >= 11 is 0. The minimum atomic E-state index is -4.74. The van der Waals surface area contributed by atoms with Crippen molar-refractivity contribution in [3.8, 4) is 5.75 Å². The molecule has 1 unspecified atom stereocenters. The van der Waals surface area contributed by atoms with Crippen molar-refractivity contribution in [1.29, 1.82) is 0 Å². The van der Waals surface area contributed by atoms with Crippen LogP contribution in [0.15, 0.2) is 24.3 Å². The minimum Gasteiger partial charge on any atom is -0.406 e. The Bertz CT molecular complexity index is 490. The van der Waals surface area contributed by atoms with Crippen molar-refractivity contribution in [3.63, 3.8) is 0 Å². The number of benzene rings is 1. The molecule has 5 nitrogen and oxygen atoms in total. The van der Waals surface area contributed by atoms with Crippen LogP contribution in [0.25, 0.3) is 0 Å². The van der Waals surface area contributed by atoms with Crippen LogP contribution in [0.2, 0.25) is 0 Å². The molecule has 1 atom stereocenters. The molecule has 0 radical (unpaired) electrons. The van der Waals surface area contributed by atoms with Crippen LogP contribution in [0, 0.1) is 5.92 Å². The molecule has 0 saturated carbocycles. The first-order chi connectivity index (χ1) is 9.87. The molecule has 21 heavy (non-hydrogen) atoms. The quantitative estimate of drug-likeness (QED) is 0.901. The zero-order valence-corrected chi connectivity index (χ0v) is 11.1. The number of nitrogens with one attached hydrogen (secondary N) is 1. The fourth-order valence-electron chi connectivity index (χ4n) is 2.11. The van der Waals surface area contributed by atoms with Gasteiger partial charge < -0.3 is 20.1 Å². The Morgan fingerprint density at radius 2 is 2.05 bits per heavy atom. The number of likely N-dealkylation sites (tertiary alicyclic amines) is 1. The molecule has 2 rings (SSSR count). The lowest BCUT2D eigenvalue weighted by Gasteiger charge is -2.17. The fraction of sp³-hybridized carbons (Fsp3) is 0.462. The highest BCUT2D eigenvalue weighted by molar-refractivity contribution is 5.89. The molecule has 0 aliphatic carbocycles. The van der Waals surface area contributed by atoms with Crippen LogP contribution in [0.5, 0.6) is 5.75 Å². The largest absolute Gasteiger partial charge is 0.573 e. The molecule has 8 heteroatoms. The maximum atomic E-state index is 12.0. The number of rotatable bonds is 3. The zero-order valence-electron chi connectivity index (χ0n) is 11.1. The minimum absolute atomic E-state index is 0.0350. The molecule has 2 amide bonds. The molecule has 1 aromatic carbocycles. The van der Waals surface area contributed by atoms with Gasteiger partial charge in [-0.05, 0) is 30.7 Å². The van der Waals surface area contributed by atoms with Crippen molar-refractivity contribution in [2.24, 2.45) is 5.92 Å². The Hall–Kier alpha value is -1.96. The number of carbonyl (C=O) groups excluding carboxylic acids is 1. The maximum absolute atomic E-state index is 12.0. The number of hydrogen-bond acceptors (Lipinski definition) is 3. The third kappa shape index (κ3) is 4.52. The molecule has 1 fully saturated rings. The Kier molecular flexibility index (Phi) is 4.56. The summed E-state index contributed by atoms with van der Waals surface area (Å²) in [6.45, 7) is 1.05. The van der Waals surface area contributed by atoms with Gasteiger partial charge in [0.15, 0.2) is 0 Å². The molecular formula is C13H15F3N2O3. The Morgan fingerprint density at radius 3 is 2.57 bits per heavy atom. The van der Waals surface area contributed by atoms with Crippen LogP contribution >= 0.6 is 0 Å². The number of nitrogens with zero attached hydrogens (tertiary/aromatic N) is 1. The second kappa shape index (κ2) is 6.21.